The molecule has 2 aliphatic rings. The van der Waals surface area contributed by atoms with Crippen molar-refractivity contribution in [2.24, 2.45) is 0 Å². The van der Waals surface area contributed by atoms with Gasteiger partial charge in [0.05, 0.1) is 0 Å². The average Bonchev–Trinajstić information content (AvgIpc) is 2.59. The zero-order valence-corrected chi connectivity index (χ0v) is 11.2. The molecule has 0 aliphatic carbocycles. The summed E-state index contributed by atoms with van der Waals surface area (Å²) in [5, 5.41) is 3.48. The van der Waals surface area contributed by atoms with Gasteiger partial charge in [-0.25, -0.2) is 0 Å². The fourth-order valence-corrected chi connectivity index (χ4v) is 3.03. The van der Waals surface area contributed by atoms with E-state index in [0.717, 1.165) is 12.6 Å². The predicted molar refractivity (Wildman–Crippen MR) is 76.2 cm³/mol. The standard InChI is InChI=1S/C15H23N3/c1-13-5-2-3-6-15(13)18-11-14(12-18)17-9-4-7-16-8-10-17/h2-3,5-6,14,16H,4,7-12H2,1H3. The second-order valence-electron chi connectivity index (χ2n) is 5.48. The van der Waals surface area contributed by atoms with Crippen LogP contribution in [-0.4, -0.2) is 50.2 Å². The van der Waals surface area contributed by atoms with Crippen LogP contribution < -0.4 is 10.2 Å². The SMILES string of the molecule is Cc1ccccc1N1CC(N2CCCNCC2)C1. The van der Waals surface area contributed by atoms with Crippen LogP contribution in [0, 0.1) is 6.92 Å². The van der Waals surface area contributed by atoms with Crippen LogP contribution in [0.25, 0.3) is 0 Å². The van der Waals surface area contributed by atoms with Gasteiger partial charge in [0.25, 0.3) is 0 Å². The number of aryl methyl sites for hydroxylation is 1. The van der Waals surface area contributed by atoms with Gasteiger partial charge >= 0.3 is 0 Å². The Bertz CT molecular complexity index is 390. The Morgan fingerprint density at radius 2 is 1.94 bits per heavy atom. The molecule has 2 heterocycles. The maximum atomic E-state index is 3.48. The van der Waals surface area contributed by atoms with Crippen molar-refractivity contribution in [2.75, 3.05) is 44.2 Å². The fraction of sp³-hybridized carbons (Fsp3) is 0.600. The highest BCUT2D eigenvalue weighted by atomic mass is 15.3. The number of rotatable bonds is 2. The van der Waals surface area contributed by atoms with Gasteiger partial charge in [0.15, 0.2) is 0 Å². The van der Waals surface area contributed by atoms with Crippen molar-refractivity contribution in [1.29, 1.82) is 0 Å². The molecule has 0 unspecified atom stereocenters. The molecule has 2 aliphatic heterocycles. The molecule has 3 heteroatoms. The van der Waals surface area contributed by atoms with Crippen molar-refractivity contribution >= 4 is 5.69 Å². The lowest BCUT2D eigenvalue weighted by molar-refractivity contribution is 0.177. The second-order valence-corrected chi connectivity index (χ2v) is 5.48. The minimum Gasteiger partial charge on any atom is -0.368 e. The third-order valence-electron chi connectivity index (χ3n) is 4.21. The van der Waals surface area contributed by atoms with Crippen molar-refractivity contribution in [3.8, 4) is 0 Å². The van der Waals surface area contributed by atoms with Gasteiger partial charge in [-0.1, -0.05) is 18.2 Å². The molecule has 1 aromatic rings. The molecule has 0 radical (unpaired) electrons. The van der Waals surface area contributed by atoms with Crippen molar-refractivity contribution in [3.63, 3.8) is 0 Å². The highest BCUT2D eigenvalue weighted by Crippen LogP contribution is 2.26. The van der Waals surface area contributed by atoms with Crippen molar-refractivity contribution in [1.82, 2.24) is 10.2 Å². The Morgan fingerprint density at radius 1 is 1.11 bits per heavy atom. The van der Waals surface area contributed by atoms with Gasteiger partial charge < -0.3 is 10.2 Å². The molecule has 1 N–H and O–H groups in total. The summed E-state index contributed by atoms with van der Waals surface area (Å²) in [5.74, 6) is 0. The lowest BCUT2D eigenvalue weighted by Crippen LogP contribution is -2.60. The molecule has 18 heavy (non-hydrogen) atoms. The molecule has 0 amide bonds. The molecule has 1 aromatic carbocycles. The normalized spacial score (nSPS) is 22.6. The van der Waals surface area contributed by atoms with Gasteiger partial charge in [-0.2, -0.15) is 0 Å². The lowest BCUT2D eigenvalue weighted by Gasteiger charge is -2.47. The quantitative estimate of drug-likeness (QED) is 0.851. The van der Waals surface area contributed by atoms with Crippen LogP contribution in [0.2, 0.25) is 0 Å². The molecule has 3 rings (SSSR count). The van der Waals surface area contributed by atoms with E-state index < -0.39 is 0 Å². The highest BCUT2D eigenvalue weighted by Gasteiger charge is 2.32. The van der Waals surface area contributed by atoms with Gasteiger partial charge in [-0.15, -0.1) is 0 Å². The molecule has 2 fully saturated rings. The summed E-state index contributed by atoms with van der Waals surface area (Å²) in [6.07, 6.45) is 1.29. The first kappa shape index (κ1) is 12.0. The summed E-state index contributed by atoms with van der Waals surface area (Å²) in [6, 6.07) is 9.49. The topological polar surface area (TPSA) is 18.5 Å². The van der Waals surface area contributed by atoms with Crippen molar-refractivity contribution in [2.45, 2.75) is 19.4 Å². The molecule has 3 nitrogen and oxygen atoms in total. The van der Waals surface area contributed by atoms with E-state index >= 15 is 0 Å². The number of hydrogen-bond donors (Lipinski definition) is 1. The third kappa shape index (κ3) is 2.38. The lowest BCUT2D eigenvalue weighted by atomic mass is 10.0. The Balaban J connectivity index is 1.58. The minimum absolute atomic E-state index is 0.768. The first-order valence-electron chi connectivity index (χ1n) is 7.10. The molecule has 0 spiro atoms. The van der Waals surface area contributed by atoms with E-state index in [1.54, 1.807) is 0 Å². The first-order valence-corrected chi connectivity index (χ1v) is 7.10. The summed E-state index contributed by atoms with van der Waals surface area (Å²) in [5.41, 5.74) is 2.81. The smallest absolute Gasteiger partial charge is 0.0447 e. The number of nitrogens with one attached hydrogen (secondary N) is 1. The predicted octanol–water partition coefficient (Wildman–Crippen LogP) is 1.48. The van der Waals surface area contributed by atoms with Gasteiger partial charge in [0.1, 0.15) is 0 Å². The first-order chi connectivity index (χ1) is 8.84. The maximum Gasteiger partial charge on any atom is 0.0447 e. The van der Waals surface area contributed by atoms with Crippen LogP contribution >= 0.6 is 0 Å². The van der Waals surface area contributed by atoms with Crippen LogP contribution in [0.15, 0.2) is 24.3 Å². The van der Waals surface area contributed by atoms with E-state index in [2.05, 4.69) is 46.3 Å². The fourth-order valence-electron chi connectivity index (χ4n) is 3.03. The largest absolute Gasteiger partial charge is 0.368 e. The maximum absolute atomic E-state index is 3.48. The van der Waals surface area contributed by atoms with Crippen LogP contribution in [-0.2, 0) is 0 Å². The molecule has 0 aromatic heterocycles. The Labute approximate surface area is 110 Å². The molecule has 0 saturated carbocycles. The van der Waals surface area contributed by atoms with Gasteiger partial charge in [0.2, 0.25) is 0 Å². The Morgan fingerprint density at radius 3 is 2.78 bits per heavy atom. The van der Waals surface area contributed by atoms with Gasteiger partial charge in [-0.05, 0) is 38.1 Å². The summed E-state index contributed by atoms with van der Waals surface area (Å²) in [7, 11) is 0. The summed E-state index contributed by atoms with van der Waals surface area (Å²) in [6.45, 7) is 9.42. The van der Waals surface area contributed by atoms with Crippen molar-refractivity contribution in [3.05, 3.63) is 29.8 Å². The van der Waals surface area contributed by atoms with E-state index in [1.807, 2.05) is 0 Å². The van der Waals surface area contributed by atoms with Gasteiger partial charge in [-0.3, -0.25) is 4.90 Å². The minimum atomic E-state index is 0.768. The van der Waals surface area contributed by atoms with E-state index in [-0.39, 0.29) is 0 Å². The zero-order chi connectivity index (χ0) is 12.4. The molecule has 2 saturated heterocycles. The molecule has 98 valence electrons. The molecular formula is C15H23N3. The number of benzene rings is 1. The Hall–Kier alpha value is -1.06. The molecule has 0 bridgehead atoms. The molecule has 0 atom stereocenters. The van der Waals surface area contributed by atoms with E-state index in [9.17, 15) is 0 Å². The Kier molecular flexibility index (Phi) is 3.52. The average molecular weight is 245 g/mol. The van der Waals surface area contributed by atoms with Crippen LogP contribution in [0.1, 0.15) is 12.0 Å². The van der Waals surface area contributed by atoms with Crippen LogP contribution in [0.5, 0.6) is 0 Å². The number of anilines is 1. The third-order valence-corrected chi connectivity index (χ3v) is 4.21. The van der Waals surface area contributed by atoms with Crippen LogP contribution in [0.4, 0.5) is 5.69 Å². The zero-order valence-electron chi connectivity index (χ0n) is 11.2. The van der Waals surface area contributed by atoms with Crippen LogP contribution in [0.3, 0.4) is 0 Å². The number of para-hydroxylation sites is 1. The van der Waals surface area contributed by atoms with Crippen molar-refractivity contribution < 1.29 is 0 Å². The monoisotopic (exact) mass is 245 g/mol. The van der Waals surface area contributed by atoms with E-state index in [1.165, 1.54) is 50.4 Å². The highest BCUT2D eigenvalue weighted by molar-refractivity contribution is 5.55. The van der Waals surface area contributed by atoms with Gasteiger partial charge in [0, 0.05) is 37.9 Å². The number of nitrogens with zero attached hydrogens (tertiary/aromatic N) is 2. The summed E-state index contributed by atoms with van der Waals surface area (Å²) in [4.78, 5) is 5.17. The van der Waals surface area contributed by atoms with E-state index in [4.69, 9.17) is 0 Å². The van der Waals surface area contributed by atoms with E-state index in [0.29, 0.717) is 0 Å². The summed E-state index contributed by atoms with van der Waals surface area (Å²) < 4.78 is 0. The summed E-state index contributed by atoms with van der Waals surface area (Å²) >= 11 is 0. The number of hydrogen-bond acceptors (Lipinski definition) is 3. The molecular weight excluding hydrogens is 222 g/mol. The second kappa shape index (κ2) is 5.29.